The summed E-state index contributed by atoms with van der Waals surface area (Å²) in [4.78, 5) is 64.7. The Morgan fingerprint density at radius 1 is 0.623 bits per heavy atom. The standard InChI is InChI=1S/C32H39FN6O2.4C2HF3O2/c1-22-18-38(12-10-35-22)19-24-4-2-6-26(14-24)28-16-23(8-9-29(28)33)17-37-32(41)27-7-3-5-25(15-27)20-39-13-11-36-30(21-39)31(34)40;4*3-2(4,5)1(6)7/h2-9,14-16,22,30,35-36H,10-13,17-21H2,1H3,(H2,34,40)(H,37,41);4*(H,6,7)/t22-,30?;;;;/m0..../s1. The summed E-state index contributed by atoms with van der Waals surface area (Å²) in [5, 5.41) is 38.1. The van der Waals surface area contributed by atoms with Gasteiger partial charge in [-0.15, -0.1) is 0 Å². The number of nitrogens with zero attached hydrogens (tertiary/aromatic N) is 2. The van der Waals surface area contributed by atoms with Crippen LogP contribution in [-0.2, 0) is 43.6 Å². The van der Waals surface area contributed by atoms with E-state index in [4.69, 9.17) is 45.3 Å². The second-order valence-corrected chi connectivity index (χ2v) is 14.3. The molecule has 69 heavy (non-hydrogen) atoms. The Morgan fingerprint density at radius 2 is 1.06 bits per heavy atom. The van der Waals surface area contributed by atoms with Crippen LogP contribution in [0.25, 0.3) is 11.1 Å². The van der Waals surface area contributed by atoms with Gasteiger partial charge in [0.2, 0.25) is 5.91 Å². The number of primary amides is 1. The maximum atomic E-state index is 14.9. The Bertz CT molecular complexity index is 2110. The van der Waals surface area contributed by atoms with Gasteiger partial charge in [-0.3, -0.25) is 19.4 Å². The summed E-state index contributed by atoms with van der Waals surface area (Å²) in [7, 11) is 0. The second-order valence-electron chi connectivity index (χ2n) is 14.3. The Kier molecular flexibility index (Phi) is 23.5. The molecule has 3 aromatic carbocycles. The van der Waals surface area contributed by atoms with Crippen LogP contribution in [0.2, 0.25) is 0 Å². The number of nitrogens with two attached hydrogens (primary N) is 1. The van der Waals surface area contributed by atoms with E-state index in [1.165, 1.54) is 6.07 Å². The molecule has 0 saturated carbocycles. The van der Waals surface area contributed by atoms with Gasteiger partial charge in [0.1, 0.15) is 5.82 Å². The van der Waals surface area contributed by atoms with Crippen molar-refractivity contribution in [1.29, 1.82) is 0 Å². The molecule has 384 valence electrons. The quantitative estimate of drug-likeness (QED) is 0.131. The molecule has 0 aliphatic carbocycles. The largest absolute Gasteiger partial charge is 0.490 e. The lowest BCUT2D eigenvalue weighted by Crippen LogP contribution is -2.55. The van der Waals surface area contributed by atoms with E-state index in [2.05, 4.69) is 44.8 Å². The van der Waals surface area contributed by atoms with Crippen molar-refractivity contribution in [2.45, 2.75) is 63.3 Å². The fourth-order valence-electron chi connectivity index (χ4n) is 5.65. The molecule has 2 amide bonds. The minimum atomic E-state index is -5.08. The van der Waals surface area contributed by atoms with Crippen molar-refractivity contribution in [3.05, 3.63) is 94.8 Å². The second kappa shape index (κ2) is 26.8. The highest BCUT2D eigenvalue weighted by molar-refractivity contribution is 5.94. The molecule has 2 atom stereocenters. The minimum Gasteiger partial charge on any atom is -0.475 e. The number of piperazine rings is 2. The van der Waals surface area contributed by atoms with Gasteiger partial charge in [-0.1, -0.05) is 36.4 Å². The number of carbonyl (C=O) groups is 6. The third-order valence-electron chi connectivity index (χ3n) is 8.75. The Morgan fingerprint density at radius 3 is 1.51 bits per heavy atom. The van der Waals surface area contributed by atoms with Gasteiger partial charge in [-0.05, 0) is 59.5 Å². The molecule has 2 heterocycles. The summed E-state index contributed by atoms with van der Waals surface area (Å²) in [6.45, 7) is 8.91. The minimum absolute atomic E-state index is 0.194. The van der Waals surface area contributed by atoms with Gasteiger partial charge >= 0.3 is 48.6 Å². The molecular formula is C40H43F13N6O10. The van der Waals surface area contributed by atoms with Crippen molar-refractivity contribution in [2.75, 3.05) is 39.3 Å². The summed E-state index contributed by atoms with van der Waals surface area (Å²) in [5.74, 6) is -11.9. The summed E-state index contributed by atoms with van der Waals surface area (Å²) < 4.78 is 142. The smallest absolute Gasteiger partial charge is 0.475 e. The normalized spacial score (nSPS) is 16.5. The maximum absolute atomic E-state index is 14.9. The predicted molar refractivity (Wildman–Crippen MR) is 213 cm³/mol. The van der Waals surface area contributed by atoms with E-state index in [9.17, 15) is 66.7 Å². The third kappa shape index (κ3) is 23.8. The molecule has 29 heteroatoms. The van der Waals surface area contributed by atoms with E-state index in [1.807, 2.05) is 36.4 Å². The number of alkyl halides is 12. The van der Waals surface area contributed by atoms with Crippen molar-refractivity contribution in [2.24, 2.45) is 5.73 Å². The highest BCUT2D eigenvalue weighted by atomic mass is 19.4. The first-order valence-electron chi connectivity index (χ1n) is 19.3. The zero-order valence-electron chi connectivity index (χ0n) is 35.5. The Hall–Kier alpha value is -6.59. The van der Waals surface area contributed by atoms with Crippen molar-refractivity contribution in [3.8, 4) is 11.1 Å². The highest BCUT2D eigenvalue weighted by Crippen LogP contribution is 2.26. The predicted octanol–water partition coefficient (Wildman–Crippen LogP) is 5.01. The maximum Gasteiger partial charge on any atom is 0.490 e. The van der Waals surface area contributed by atoms with Crippen LogP contribution in [-0.4, -0.2) is 142 Å². The Labute approximate surface area is 381 Å². The van der Waals surface area contributed by atoms with Crippen molar-refractivity contribution in [1.82, 2.24) is 25.8 Å². The number of benzene rings is 3. The van der Waals surface area contributed by atoms with Crippen molar-refractivity contribution >= 4 is 35.7 Å². The zero-order valence-corrected chi connectivity index (χ0v) is 35.5. The molecule has 3 aromatic rings. The van der Waals surface area contributed by atoms with Crippen LogP contribution in [0.1, 0.15) is 34.0 Å². The number of aliphatic carboxylic acids is 4. The van der Waals surface area contributed by atoms with Gasteiger partial charge in [0, 0.05) is 76.1 Å². The van der Waals surface area contributed by atoms with Crippen LogP contribution in [0.4, 0.5) is 57.1 Å². The summed E-state index contributed by atoms with van der Waals surface area (Å²) in [6.07, 6.45) is -20.3. The molecule has 2 fully saturated rings. The topological polar surface area (TPSA) is 252 Å². The van der Waals surface area contributed by atoms with Crippen LogP contribution in [0.3, 0.4) is 0 Å². The number of halogens is 13. The van der Waals surface area contributed by atoms with Crippen LogP contribution < -0.4 is 21.7 Å². The molecule has 2 aliphatic heterocycles. The van der Waals surface area contributed by atoms with Gasteiger partial charge in [0.25, 0.3) is 5.91 Å². The molecule has 0 bridgehead atoms. The molecule has 2 saturated heterocycles. The van der Waals surface area contributed by atoms with E-state index in [1.54, 1.807) is 12.1 Å². The first-order valence-corrected chi connectivity index (χ1v) is 19.3. The lowest BCUT2D eigenvalue weighted by molar-refractivity contribution is -0.193. The number of hydrogen-bond acceptors (Lipinski definition) is 10. The van der Waals surface area contributed by atoms with Gasteiger partial charge in [-0.25, -0.2) is 23.6 Å². The number of hydrogen-bond donors (Lipinski definition) is 8. The first kappa shape index (κ1) is 60.4. The van der Waals surface area contributed by atoms with E-state index >= 15 is 0 Å². The van der Waals surface area contributed by atoms with Gasteiger partial charge < -0.3 is 42.1 Å². The fraction of sp³-hybridized carbons (Fsp3) is 0.400. The third-order valence-corrected chi connectivity index (χ3v) is 8.75. The lowest BCUT2D eigenvalue weighted by atomic mass is 10.00. The van der Waals surface area contributed by atoms with E-state index < -0.39 is 48.6 Å². The number of rotatable bonds is 9. The number of nitrogens with one attached hydrogen (secondary N) is 3. The summed E-state index contributed by atoms with van der Waals surface area (Å²) in [6, 6.07) is 20.6. The van der Waals surface area contributed by atoms with E-state index in [-0.39, 0.29) is 30.2 Å². The first-order chi connectivity index (χ1) is 31.6. The Balaban J connectivity index is 0.000000688. The molecule has 0 spiro atoms. The van der Waals surface area contributed by atoms with Crippen molar-refractivity contribution < 1.29 is 106 Å². The van der Waals surface area contributed by atoms with Gasteiger partial charge in [0.15, 0.2) is 0 Å². The number of amides is 2. The van der Waals surface area contributed by atoms with Gasteiger partial charge in [0.05, 0.1) is 6.04 Å². The molecular weight excluding hydrogens is 971 g/mol. The molecule has 9 N–H and O–H groups in total. The number of carbonyl (C=O) groups excluding carboxylic acids is 2. The molecule has 16 nitrogen and oxygen atoms in total. The number of carboxylic acids is 4. The monoisotopic (exact) mass is 1010 g/mol. The van der Waals surface area contributed by atoms with Gasteiger partial charge in [-0.2, -0.15) is 52.7 Å². The molecule has 2 aliphatic rings. The molecule has 5 rings (SSSR count). The average molecular weight is 1010 g/mol. The van der Waals surface area contributed by atoms with E-state index in [0.717, 1.165) is 55.0 Å². The SMILES string of the molecule is C[C@H]1CN(Cc2cccc(-c3cc(CNC(=O)c4cccc(CN5CCNC(C(N)=O)C5)c4)ccc3F)c2)CCN1.O=C(O)C(F)(F)F.O=C(O)C(F)(F)F.O=C(O)C(F)(F)F.O=C(O)C(F)(F)F. The van der Waals surface area contributed by atoms with Crippen molar-refractivity contribution in [3.63, 3.8) is 0 Å². The summed E-state index contributed by atoms with van der Waals surface area (Å²) in [5.41, 5.74) is 10.3. The van der Waals surface area contributed by atoms with E-state index in [0.29, 0.717) is 36.8 Å². The van der Waals surface area contributed by atoms with Crippen LogP contribution in [0.15, 0.2) is 66.7 Å². The average Bonchev–Trinajstić information content (AvgIpc) is 3.23. The molecule has 0 aromatic heterocycles. The summed E-state index contributed by atoms with van der Waals surface area (Å²) >= 11 is 0. The molecule has 0 radical (unpaired) electrons. The fourth-order valence-corrected chi connectivity index (χ4v) is 5.65. The highest BCUT2D eigenvalue weighted by Gasteiger charge is 2.40. The van der Waals surface area contributed by atoms with Crippen LogP contribution in [0.5, 0.6) is 0 Å². The van der Waals surface area contributed by atoms with Crippen LogP contribution in [0, 0.1) is 5.82 Å². The molecule has 1 unspecified atom stereocenters. The lowest BCUT2D eigenvalue weighted by Gasteiger charge is -2.32. The zero-order chi connectivity index (χ0) is 53.1. The van der Waals surface area contributed by atoms with Crippen LogP contribution >= 0.6 is 0 Å². The number of carboxylic acid groups (broad SMARTS) is 4.